The van der Waals surface area contributed by atoms with Gasteiger partial charge in [-0.1, -0.05) is 12.1 Å². The molecule has 0 unspecified atom stereocenters. The van der Waals surface area contributed by atoms with Crippen LogP contribution in [0.2, 0.25) is 0 Å². The van der Waals surface area contributed by atoms with Crippen LogP contribution in [0.25, 0.3) is 0 Å². The summed E-state index contributed by atoms with van der Waals surface area (Å²) in [7, 11) is 0. The van der Waals surface area contributed by atoms with Gasteiger partial charge in [0.25, 0.3) is 0 Å². The number of carboxylic acid groups (broad SMARTS) is 2. The third-order valence-electron chi connectivity index (χ3n) is 1.53. The summed E-state index contributed by atoms with van der Waals surface area (Å²) in [6.07, 6.45) is -1.28. The average Bonchev–Trinajstić information content (AvgIpc) is 2.01. The quantitative estimate of drug-likeness (QED) is 0.680. The zero-order valence-electron chi connectivity index (χ0n) is 7.23. The number of carbonyl (C=O) groups is 2. The van der Waals surface area contributed by atoms with E-state index in [0.29, 0.717) is 11.3 Å². The first-order chi connectivity index (χ1) is 6.58. The van der Waals surface area contributed by atoms with Gasteiger partial charge in [0.15, 0.2) is 0 Å². The molecule has 0 aromatic heterocycles. The maximum Gasteiger partial charge on any atom is 0.409 e. The third kappa shape index (κ3) is 3.14. The number of anilines is 1. The molecule has 0 spiro atoms. The summed E-state index contributed by atoms with van der Waals surface area (Å²) in [5.41, 5.74) is 0.931. The van der Waals surface area contributed by atoms with Crippen molar-refractivity contribution in [2.75, 3.05) is 5.32 Å². The number of nitrogens with one attached hydrogen (secondary N) is 1. The fourth-order valence-corrected chi connectivity index (χ4v) is 1.06. The summed E-state index contributed by atoms with van der Waals surface area (Å²) < 4.78 is 0. The lowest BCUT2D eigenvalue weighted by Gasteiger charge is -2.02. The van der Waals surface area contributed by atoms with Gasteiger partial charge in [-0.05, 0) is 17.7 Å². The predicted molar refractivity (Wildman–Crippen MR) is 49.4 cm³/mol. The van der Waals surface area contributed by atoms with Crippen molar-refractivity contribution in [3.63, 3.8) is 0 Å². The molecule has 1 aromatic carbocycles. The summed E-state index contributed by atoms with van der Waals surface area (Å²) in [6.45, 7) is 0. The molecule has 1 rings (SSSR count). The molecule has 0 aliphatic carbocycles. The van der Waals surface area contributed by atoms with Crippen LogP contribution in [-0.4, -0.2) is 22.3 Å². The fourth-order valence-electron chi connectivity index (χ4n) is 1.06. The average molecular weight is 195 g/mol. The molecule has 0 saturated carbocycles. The minimum Gasteiger partial charge on any atom is -0.481 e. The van der Waals surface area contributed by atoms with E-state index in [-0.39, 0.29) is 6.42 Å². The van der Waals surface area contributed by atoms with Crippen LogP contribution in [0.3, 0.4) is 0 Å². The topological polar surface area (TPSA) is 86.6 Å². The molecule has 0 bridgehead atoms. The van der Waals surface area contributed by atoms with Crippen molar-refractivity contribution < 1.29 is 19.8 Å². The van der Waals surface area contributed by atoms with Gasteiger partial charge in [-0.25, -0.2) is 4.79 Å². The number of rotatable bonds is 3. The Hall–Kier alpha value is -2.04. The number of aliphatic carboxylic acids is 1. The lowest BCUT2D eigenvalue weighted by atomic mass is 10.1. The van der Waals surface area contributed by atoms with Crippen LogP contribution in [0, 0.1) is 0 Å². The standard InChI is InChI=1S/C9H9NO4/c11-8(12)5-6-2-1-3-7(4-6)10-9(13)14/h1-4,10H,5H2,(H,11,12)(H,13,14). The molecule has 1 aromatic rings. The van der Waals surface area contributed by atoms with Crippen LogP contribution in [0.15, 0.2) is 24.3 Å². The van der Waals surface area contributed by atoms with Gasteiger partial charge in [-0.15, -0.1) is 0 Å². The highest BCUT2D eigenvalue weighted by atomic mass is 16.4. The molecule has 74 valence electrons. The second kappa shape index (κ2) is 4.27. The Morgan fingerprint density at radius 3 is 2.57 bits per heavy atom. The van der Waals surface area contributed by atoms with Crippen LogP contribution >= 0.6 is 0 Å². The predicted octanol–water partition coefficient (Wildman–Crippen LogP) is 1.40. The number of amides is 1. The number of carboxylic acids is 1. The Kier molecular flexibility index (Phi) is 3.06. The Morgan fingerprint density at radius 2 is 2.00 bits per heavy atom. The minimum absolute atomic E-state index is 0.116. The van der Waals surface area contributed by atoms with Crippen molar-refractivity contribution in [2.45, 2.75) is 6.42 Å². The van der Waals surface area contributed by atoms with Crippen molar-refractivity contribution in [2.24, 2.45) is 0 Å². The van der Waals surface area contributed by atoms with E-state index < -0.39 is 12.1 Å². The van der Waals surface area contributed by atoms with Gasteiger partial charge in [0.1, 0.15) is 0 Å². The van der Waals surface area contributed by atoms with E-state index >= 15 is 0 Å². The lowest BCUT2D eigenvalue weighted by molar-refractivity contribution is -0.136. The third-order valence-corrected chi connectivity index (χ3v) is 1.53. The highest BCUT2D eigenvalue weighted by molar-refractivity contribution is 5.83. The molecule has 0 heterocycles. The minimum atomic E-state index is -1.17. The summed E-state index contributed by atoms with van der Waals surface area (Å²) in [4.78, 5) is 20.6. The van der Waals surface area contributed by atoms with Crippen molar-refractivity contribution in [3.8, 4) is 0 Å². The Bertz CT molecular complexity index is 330. The summed E-state index contributed by atoms with van der Waals surface area (Å²) in [6, 6.07) is 6.27. The van der Waals surface area contributed by atoms with Crippen LogP contribution in [0.4, 0.5) is 10.5 Å². The normalized spacial score (nSPS) is 9.43. The maximum absolute atomic E-state index is 10.4. The molecular weight excluding hydrogens is 186 g/mol. The van der Waals surface area contributed by atoms with E-state index in [2.05, 4.69) is 5.32 Å². The highest BCUT2D eigenvalue weighted by Crippen LogP contribution is 2.10. The van der Waals surface area contributed by atoms with E-state index in [9.17, 15) is 9.59 Å². The smallest absolute Gasteiger partial charge is 0.409 e. The van der Waals surface area contributed by atoms with Gasteiger partial charge in [0.2, 0.25) is 0 Å². The molecule has 0 saturated heterocycles. The molecule has 0 fully saturated rings. The molecule has 0 aliphatic rings. The first-order valence-corrected chi connectivity index (χ1v) is 3.88. The van der Waals surface area contributed by atoms with Gasteiger partial charge < -0.3 is 10.2 Å². The molecule has 0 aliphatic heterocycles. The van der Waals surface area contributed by atoms with E-state index in [1.54, 1.807) is 18.2 Å². The molecule has 3 N–H and O–H groups in total. The second-order valence-corrected chi connectivity index (χ2v) is 2.70. The monoisotopic (exact) mass is 195 g/mol. The van der Waals surface area contributed by atoms with E-state index in [1.165, 1.54) is 6.07 Å². The maximum atomic E-state index is 10.4. The highest BCUT2D eigenvalue weighted by Gasteiger charge is 2.02. The van der Waals surface area contributed by atoms with E-state index in [4.69, 9.17) is 10.2 Å². The summed E-state index contributed by atoms with van der Waals surface area (Å²) in [5.74, 6) is -0.947. The molecule has 5 nitrogen and oxygen atoms in total. The van der Waals surface area contributed by atoms with Crippen LogP contribution in [-0.2, 0) is 11.2 Å². The SMILES string of the molecule is O=C(O)Cc1cccc(NC(=O)O)c1. The fraction of sp³-hybridized carbons (Fsp3) is 0.111. The first kappa shape index (κ1) is 10.0. The van der Waals surface area contributed by atoms with Crippen molar-refractivity contribution in [1.29, 1.82) is 0 Å². The molecule has 5 heteroatoms. The van der Waals surface area contributed by atoms with Gasteiger partial charge >= 0.3 is 12.1 Å². The van der Waals surface area contributed by atoms with Gasteiger partial charge in [0, 0.05) is 5.69 Å². The Labute approximate surface area is 80.0 Å². The second-order valence-electron chi connectivity index (χ2n) is 2.70. The number of hydrogen-bond donors (Lipinski definition) is 3. The van der Waals surface area contributed by atoms with Crippen LogP contribution in [0.5, 0.6) is 0 Å². The first-order valence-electron chi connectivity index (χ1n) is 3.88. The van der Waals surface area contributed by atoms with E-state index in [0.717, 1.165) is 0 Å². The van der Waals surface area contributed by atoms with E-state index in [1.807, 2.05) is 0 Å². The van der Waals surface area contributed by atoms with Crippen LogP contribution < -0.4 is 5.32 Å². The zero-order chi connectivity index (χ0) is 10.6. The van der Waals surface area contributed by atoms with Gasteiger partial charge in [-0.3, -0.25) is 10.1 Å². The summed E-state index contributed by atoms with van der Waals surface area (Å²) >= 11 is 0. The zero-order valence-corrected chi connectivity index (χ0v) is 7.23. The molecule has 1 amide bonds. The van der Waals surface area contributed by atoms with Crippen molar-refractivity contribution in [3.05, 3.63) is 29.8 Å². The van der Waals surface area contributed by atoms with Gasteiger partial charge in [-0.2, -0.15) is 0 Å². The van der Waals surface area contributed by atoms with Gasteiger partial charge in [0.05, 0.1) is 6.42 Å². The number of hydrogen-bond acceptors (Lipinski definition) is 2. The Morgan fingerprint density at radius 1 is 1.29 bits per heavy atom. The largest absolute Gasteiger partial charge is 0.481 e. The molecule has 0 atom stereocenters. The Balaban J connectivity index is 2.78. The van der Waals surface area contributed by atoms with Crippen molar-refractivity contribution >= 4 is 17.7 Å². The molecular formula is C9H9NO4. The molecule has 0 radical (unpaired) electrons. The number of benzene rings is 1. The molecule has 14 heavy (non-hydrogen) atoms. The summed E-state index contributed by atoms with van der Waals surface area (Å²) in [5, 5.41) is 19.1. The lowest BCUT2D eigenvalue weighted by Crippen LogP contribution is -2.08. The van der Waals surface area contributed by atoms with Crippen LogP contribution in [0.1, 0.15) is 5.56 Å². The van der Waals surface area contributed by atoms with Crippen molar-refractivity contribution in [1.82, 2.24) is 0 Å².